The zero-order chi connectivity index (χ0) is 16.4. The van der Waals surface area contributed by atoms with E-state index in [4.69, 9.17) is 0 Å². The molecule has 1 amide bonds. The van der Waals surface area contributed by atoms with Crippen molar-refractivity contribution in [3.63, 3.8) is 0 Å². The molecule has 0 spiro atoms. The summed E-state index contributed by atoms with van der Waals surface area (Å²) in [6.07, 6.45) is 4.11. The molecule has 3 rings (SSSR count). The number of thiazole rings is 1. The van der Waals surface area contributed by atoms with E-state index in [-0.39, 0.29) is 5.91 Å². The van der Waals surface area contributed by atoms with Gasteiger partial charge in [0.1, 0.15) is 4.88 Å². The molecule has 1 aromatic carbocycles. The van der Waals surface area contributed by atoms with Crippen LogP contribution in [0.4, 0.5) is 11.4 Å². The summed E-state index contributed by atoms with van der Waals surface area (Å²) in [6.45, 7) is 7.48. The number of nitrogens with zero attached hydrogens (tertiary/aromatic N) is 2. The highest BCUT2D eigenvalue weighted by Crippen LogP contribution is 2.41. The number of anilines is 2. The Kier molecular flexibility index (Phi) is 4.66. The fourth-order valence-electron chi connectivity index (χ4n) is 2.69. The first-order chi connectivity index (χ1) is 11.1. The number of amides is 1. The Morgan fingerprint density at radius 3 is 2.61 bits per heavy atom. The lowest BCUT2D eigenvalue weighted by Crippen LogP contribution is -2.30. The molecule has 0 radical (unpaired) electrons. The molecule has 0 atom stereocenters. The van der Waals surface area contributed by atoms with Crippen LogP contribution >= 0.6 is 11.3 Å². The second-order valence-electron chi connectivity index (χ2n) is 6.22. The van der Waals surface area contributed by atoms with Crippen LogP contribution in [-0.4, -0.2) is 23.5 Å². The predicted octanol–water partition coefficient (Wildman–Crippen LogP) is 4.51. The quantitative estimate of drug-likeness (QED) is 0.848. The Morgan fingerprint density at radius 1 is 1.35 bits per heavy atom. The minimum Gasteiger partial charge on any atom is -0.369 e. The van der Waals surface area contributed by atoms with Crippen LogP contribution in [0.3, 0.4) is 0 Å². The van der Waals surface area contributed by atoms with Crippen molar-refractivity contribution in [2.75, 3.05) is 16.8 Å². The van der Waals surface area contributed by atoms with Gasteiger partial charge in [-0.3, -0.25) is 4.79 Å². The van der Waals surface area contributed by atoms with E-state index in [1.807, 2.05) is 12.1 Å². The average molecular weight is 329 g/mol. The van der Waals surface area contributed by atoms with Gasteiger partial charge < -0.3 is 10.2 Å². The van der Waals surface area contributed by atoms with Crippen molar-refractivity contribution in [1.82, 2.24) is 4.98 Å². The summed E-state index contributed by atoms with van der Waals surface area (Å²) in [5, 5.41) is 4.06. The van der Waals surface area contributed by atoms with E-state index in [2.05, 4.69) is 48.1 Å². The van der Waals surface area contributed by atoms with E-state index in [1.54, 1.807) is 6.20 Å². The van der Waals surface area contributed by atoms with Gasteiger partial charge in [-0.1, -0.05) is 0 Å². The molecule has 1 aromatic heterocycles. The largest absolute Gasteiger partial charge is 0.369 e. The SMILES string of the molecule is CCN(c1ccc(NC(=O)c2cnc(C3CC3)s2)cc1)C(C)C. The van der Waals surface area contributed by atoms with Crippen LogP contribution in [0.25, 0.3) is 0 Å². The standard InChI is InChI=1S/C18H23N3OS/c1-4-21(12(2)3)15-9-7-14(8-10-15)20-17(22)16-11-19-18(23-16)13-5-6-13/h7-13H,4-6H2,1-3H3,(H,20,22). The number of hydrogen-bond donors (Lipinski definition) is 1. The van der Waals surface area contributed by atoms with Gasteiger partial charge in [0.25, 0.3) is 5.91 Å². The summed E-state index contributed by atoms with van der Waals surface area (Å²) in [7, 11) is 0. The second-order valence-corrected chi connectivity index (χ2v) is 7.28. The monoisotopic (exact) mass is 329 g/mol. The van der Waals surface area contributed by atoms with Gasteiger partial charge in [-0.05, 0) is 57.9 Å². The van der Waals surface area contributed by atoms with Gasteiger partial charge in [-0.25, -0.2) is 4.98 Å². The number of hydrogen-bond acceptors (Lipinski definition) is 4. The molecule has 1 heterocycles. The molecule has 23 heavy (non-hydrogen) atoms. The van der Waals surface area contributed by atoms with Gasteiger partial charge >= 0.3 is 0 Å². The summed E-state index contributed by atoms with van der Waals surface area (Å²) in [5.74, 6) is 0.523. The molecular formula is C18H23N3OS. The lowest BCUT2D eigenvalue weighted by molar-refractivity contribution is 0.103. The molecular weight excluding hydrogens is 306 g/mol. The highest BCUT2D eigenvalue weighted by molar-refractivity contribution is 7.13. The second kappa shape index (κ2) is 6.71. The van der Waals surface area contributed by atoms with E-state index >= 15 is 0 Å². The van der Waals surface area contributed by atoms with E-state index in [0.29, 0.717) is 16.8 Å². The highest BCUT2D eigenvalue weighted by atomic mass is 32.1. The Labute approximate surface area is 141 Å². The number of benzene rings is 1. The number of aromatic nitrogens is 1. The summed E-state index contributed by atoms with van der Waals surface area (Å²) in [5.41, 5.74) is 1.99. The van der Waals surface area contributed by atoms with E-state index in [0.717, 1.165) is 17.2 Å². The number of carbonyl (C=O) groups excluding carboxylic acids is 1. The fraction of sp³-hybridized carbons (Fsp3) is 0.444. The van der Waals surface area contributed by atoms with Crippen LogP contribution < -0.4 is 10.2 Å². The Bertz CT molecular complexity index is 674. The van der Waals surface area contributed by atoms with Crippen LogP contribution in [0, 0.1) is 0 Å². The van der Waals surface area contributed by atoms with Crippen molar-refractivity contribution in [3.05, 3.63) is 40.3 Å². The topological polar surface area (TPSA) is 45.2 Å². The maximum Gasteiger partial charge on any atom is 0.267 e. The average Bonchev–Trinajstić information content (AvgIpc) is 3.26. The number of rotatable bonds is 6. The van der Waals surface area contributed by atoms with E-state index < -0.39 is 0 Å². The predicted molar refractivity (Wildman–Crippen MR) is 96.6 cm³/mol. The van der Waals surface area contributed by atoms with Gasteiger partial charge in [0.05, 0.1) is 11.2 Å². The molecule has 0 unspecified atom stereocenters. The molecule has 1 fully saturated rings. The molecule has 0 bridgehead atoms. The van der Waals surface area contributed by atoms with Crippen LogP contribution in [0.5, 0.6) is 0 Å². The van der Waals surface area contributed by atoms with E-state index in [1.165, 1.54) is 29.9 Å². The molecule has 1 aliphatic carbocycles. The number of nitrogens with one attached hydrogen (secondary N) is 1. The fourth-order valence-corrected chi connectivity index (χ4v) is 3.67. The first-order valence-electron chi connectivity index (χ1n) is 8.22. The lowest BCUT2D eigenvalue weighted by atomic mass is 10.2. The molecule has 2 aromatic rings. The third-order valence-electron chi connectivity index (χ3n) is 4.09. The van der Waals surface area contributed by atoms with Gasteiger partial charge in [0.15, 0.2) is 0 Å². The first kappa shape index (κ1) is 16.0. The zero-order valence-corrected chi connectivity index (χ0v) is 14.7. The van der Waals surface area contributed by atoms with Crippen LogP contribution in [0.2, 0.25) is 0 Å². The summed E-state index contributed by atoms with van der Waals surface area (Å²) in [4.78, 5) is 19.7. The molecule has 4 nitrogen and oxygen atoms in total. The molecule has 1 aliphatic rings. The normalized spacial score (nSPS) is 14.1. The maximum absolute atomic E-state index is 12.3. The van der Waals surface area contributed by atoms with Crippen molar-refractivity contribution in [1.29, 1.82) is 0 Å². The molecule has 122 valence electrons. The molecule has 5 heteroatoms. The molecule has 1 N–H and O–H groups in total. The van der Waals surface area contributed by atoms with Gasteiger partial charge in [-0.15, -0.1) is 11.3 Å². The van der Waals surface area contributed by atoms with Crippen molar-refractivity contribution < 1.29 is 4.79 Å². The smallest absolute Gasteiger partial charge is 0.267 e. The lowest BCUT2D eigenvalue weighted by Gasteiger charge is -2.27. The van der Waals surface area contributed by atoms with Crippen molar-refractivity contribution >= 4 is 28.6 Å². The number of carbonyl (C=O) groups is 1. The third-order valence-corrected chi connectivity index (χ3v) is 5.25. The third kappa shape index (κ3) is 3.72. The van der Waals surface area contributed by atoms with Crippen molar-refractivity contribution in [2.24, 2.45) is 0 Å². The minimum atomic E-state index is -0.0710. The van der Waals surface area contributed by atoms with Crippen LogP contribution in [0.15, 0.2) is 30.5 Å². The summed E-state index contributed by atoms with van der Waals surface area (Å²) >= 11 is 1.52. The van der Waals surface area contributed by atoms with Crippen LogP contribution in [0.1, 0.15) is 54.2 Å². The molecule has 0 saturated heterocycles. The van der Waals surface area contributed by atoms with Gasteiger partial charge in [0.2, 0.25) is 0 Å². The van der Waals surface area contributed by atoms with E-state index in [9.17, 15) is 4.79 Å². The van der Waals surface area contributed by atoms with Gasteiger partial charge in [-0.2, -0.15) is 0 Å². The van der Waals surface area contributed by atoms with Crippen molar-refractivity contribution in [3.8, 4) is 0 Å². The maximum atomic E-state index is 12.3. The Balaban J connectivity index is 1.66. The Hall–Kier alpha value is -1.88. The van der Waals surface area contributed by atoms with Crippen LogP contribution in [-0.2, 0) is 0 Å². The van der Waals surface area contributed by atoms with Crippen molar-refractivity contribution in [2.45, 2.75) is 45.6 Å². The molecule has 1 saturated carbocycles. The zero-order valence-electron chi connectivity index (χ0n) is 13.9. The summed E-state index contributed by atoms with van der Waals surface area (Å²) < 4.78 is 0. The Morgan fingerprint density at radius 2 is 2.04 bits per heavy atom. The minimum absolute atomic E-state index is 0.0710. The molecule has 0 aliphatic heterocycles. The van der Waals surface area contributed by atoms with Gasteiger partial charge in [0, 0.05) is 29.9 Å². The first-order valence-corrected chi connectivity index (χ1v) is 9.04. The highest BCUT2D eigenvalue weighted by Gasteiger charge is 2.27. The summed E-state index contributed by atoms with van der Waals surface area (Å²) in [6, 6.07) is 8.49.